The summed E-state index contributed by atoms with van der Waals surface area (Å²) in [7, 11) is 0. The standard InChI is InChI=1S/C21H20O/c1-17-7-9-18(10-8-17)15-19-11-13-21(14-12-19)22-16-20-5-3-2-4-6-20/h2-14H,15-16H2,1H3. The van der Waals surface area contributed by atoms with Crippen LogP contribution in [0.15, 0.2) is 78.9 Å². The van der Waals surface area contributed by atoms with Crippen molar-refractivity contribution in [3.63, 3.8) is 0 Å². The molecule has 3 aromatic carbocycles. The van der Waals surface area contributed by atoms with E-state index in [-0.39, 0.29) is 0 Å². The van der Waals surface area contributed by atoms with Crippen LogP contribution in [0.25, 0.3) is 0 Å². The zero-order valence-electron chi connectivity index (χ0n) is 12.8. The Bertz CT molecular complexity index is 697. The van der Waals surface area contributed by atoms with E-state index in [0.717, 1.165) is 12.2 Å². The van der Waals surface area contributed by atoms with Gasteiger partial charge >= 0.3 is 0 Å². The number of benzene rings is 3. The Labute approximate surface area is 132 Å². The smallest absolute Gasteiger partial charge is 0.119 e. The highest BCUT2D eigenvalue weighted by Gasteiger charge is 1.99. The predicted octanol–water partition coefficient (Wildman–Crippen LogP) is 5.16. The van der Waals surface area contributed by atoms with Gasteiger partial charge in [-0.1, -0.05) is 72.3 Å². The lowest BCUT2D eigenvalue weighted by Gasteiger charge is -2.08. The molecule has 1 nitrogen and oxygen atoms in total. The highest BCUT2D eigenvalue weighted by molar-refractivity contribution is 5.32. The highest BCUT2D eigenvalue weighted by Crippen LogP contribution is 2.17. The number of hydrogen-bond donors (Lipinski definition) is 0. The molecule has 0 spiro atoms. The first kappa shape index (κ1) is 14.4. The van der Waals surface area contributed by atoms with Crippen molar-refractivity contribution in [3.8, 4) is 5.75 Å². The first-order valence-electron chi connectivity index (χ1n) is 7.61. The molecule has 22 heavy (non-hydrogen) atoms. The molecule has 0 saturated carbocycles. The highest BCUT2D eigenvalue weighted by atomic mass is 16.5. The zero-order chi connectivity index (χ0) is 15.2. The molecule has 110 valence electrons. The maximum Gasteiger partial charge on any atom is 0.119 e. The van der Waals surface area contributed by atoms with Gasteiger partial charge in [0.1, 0.15) is 12.4 Å². The minimum atomic E-state index is 0.609. The Kier molecular flexibility index (Phi) is 4.55. The van der Waals surface area contributed by atoms with Gasteiger partial charge in [-0.3, -0.25) is 0 Å². The van der Waals surface area contributed by atoms with Gasteiger partial charge < -0.3 is 4.74 Å². The summed E-state index contributed by atoms with van der Waals surface area (Å²) in [6.45, 7) is 2.72. The molecular weight excluding hydrogens is 268 g/mol. The Morgan fingerprint density at radius 1 is 0.636 bits per heavy atom. The molecule has 0 aliphatic rings. The second kappa shape index (κ2) is 6.95. The van der Waals surface area contributed by atoms with Crippen molar-refractivity contribution in [3.05, 3.63) is 101 Å². The molecule has 0 N–H and O–H groups in total. The minimum absolute atomic E-state index is 0.609. The molecule has 3 aromatic rings. The topological polar surface area (TPSA) is 9.23 Å². The van der Waals surface area contributed by atoms with E-state index in [0.29, 0.717) is 6.61 Å². The van der Waals surface area contributed by atoms with E-state index in [4.69, 9.17) is 4.74 Å². The molecular formula is C21H20O. The molecule has 0 aliphatic carbocycles. The van der Waals surface area contributed by atoms with Crippen molar-refractivity contribution in [2.75, 3.05) is 0 Å². The SMILES string of the molecule is Cc1ccc(Cc2ccc(OCc3ccccc3)cc2)cc1. The minimum Gasteiger partial charge on any atom is -0.489 e. The van der Waals surface area contributed by atoms with Crippen molar-refractivity contribution >= 4 is 0 Å². The second-order valence-electron chi connectivity index (χ2n) is 5.58. The van der Waals surface area contributed by atoms with E-state index < -0.39 is 0 Å². The molecule has 0 aliphatic heterocycles. The maximum absolute atomic E-state index is 5.81. The summed E-state index contributed by atoms with van der Waals surface area (Å²) in [6.07, 6.45) is 0.958. The van der Waals surface area contributed by atoms with E-state index in [9.17, 15) is 0 Å². The molecule has 0 atom stereocenters. The van der Waals surface area contributed by atoms with Gasteiger partial charge in [-0.05, 0) is 42.2 Å². The zero-order valence-corrected chi connectivity index (χ0v) is 12.8. The van der Waals surface area contributed by atoms with Crippen molar-refractivity contribution in [2.24, 2.45) is 0 Å². The molecule has 0 heterocycles. The van der Waals surface area contributed by atoms with Gasteiger partial charge in [0.05, 0.1) is 0 Å². The fourth-order valence-corrected chi connectivity index (χ4v) is 2.39. The molecule has 0 saturated heterocycles. The van der Waals surface area contributed by atoms with Crippen LogP contribution in [0.3, 0.4) is 0 Å². The Morgan fingerprint density at radius 3 is 1.86 bits per heavy atom. The normalized spacial score (nSPS) is 10.4. The van der Waals surface area contributed by atoms with Crippen LogP contribution in [0.1, 0.15) is 22.3 Å². The maximum atomic E-state index is 5.81. The van der Waals surface area contributed by atoms with E-state index in [1.165, 1.54) is 22.3 Å². The first-order chi connectivity index (χ1) is 10.8. The Hall–Kier alpha value is -2.54. The van der Waals surface area contributed by atoms with Gasteiger partial charge in [-0.2, -0.15) is 0 Å². The molecule has 0 aromatic heterocycles. The van der Waals surface area contributed by atoms with Crippen LogP contribution in [0.5, 0.6) is 5.75 Å². The predicted molar refractivity (Wildman–Crippen MR) is 91.2 cm³/mol. The first-order valence-corrected chi connectivity index (χ1v) is 7.61. The van der Waals surface area contributed by atoms with E-state index in [1.807, 2.05) is 30.3 Å². The molecule has 0 unspecified atom stereocenters. The Balaban J connectivity index is 1.59. The van der Waals surface area contributed by atoms with Gasteiger partial charge in [0.2, 0.25) is 0 Å². The van der Waals surface area contributed by atoms with E-state index in [1.54, 1.807) is 0 Å². The van der Waals surface area contributed by atoms with Gasteiger partial charge in [-0.25, -0.2) is 0 Å². The summed E-state index contributed by atoms with van der Waals surface area (Å²) < 4.78 is 5.81. The summed E-state index contributed by atoms with van der Waals surface area (Å²) in [5, 5.41) is 0. The van der Waals surface area contributed by atoms with Crippen LogP contribution in [0.2, 0.25) is 0 Å². The Morgan fingerprint density at radius 2 is 1.23 bits per heavy atom. The van der Waals surface area contributed by atoms with Crippen molar-refractivity contribution in [1.82, 2.24) is 0 Å². The summed E-state index contributed by atoms with van der Waals surface area (Å²) >= 11 is 0. The second-order valence-corrected chi connectivity index (χ2v) is 5.58. The number of ether oxygens (including phenoxy) is 1. The largest absolute Gasteiger partial charge is 0.489 e. The van der Waals surface area contributed by atoms with Crippen LogP contribution in [-0.2, 0) is 13.0 Å². The summed E-state index contributed by atoms with van der Waals surface area (Å²) in [5.74, 6) is 0.913. The lowest BCUT2D eigenvalue weighted by molar-refractivity contribution is 0.306. The fraction of sp³-hybridized carbons (Fsp3) is 0.143. The average Bonchev–Trinajstić information content (AvgIpc) is 2.57. The third kappa shape index (κ3) is 3.98. The summed E-state index contributed by atoms with van der Waals surface area (Å²) in [5.41, 5.74) is 5.12. The summed E-state index contributed by atoms with van der Waals surface area (Å²) in [4.78, 5) is 0. The number of rotatable bonds is 5. The molecule has 1 heteroatoms. The fourth-order valence-electron chi connectivity index (χ4n) is 2.39. The van der Waals surface area contributed by atoms with Gasteiger partial charge in [0.25, 0.3) is 0 Å². The van der Waals surface area contributed by atoms with Crippen molar-refractivity contribution in [2.45, 2.75) is 20.0 Å². The van der Waals surface area contributed by atoms with Crippen molar-refractivity contribution in [1.29, 1.82) is 0 Å². The quantitative estimate of drug-likeness (QED) is 0.629. The third-order valence-electron chi connectivity index (χ3n) is 3.70. The monoisotopic (exact) mass is 288 g/mol. The lowest BCUT2D eigenvalue weighted by atomic mass is 10.0. The van der Waals surface area contributed by atoms with Gasteiger partial charge in [0.15, 0.2) is 0 Å². The van der Waals surface area contributed by atoms with E-state index >= 15 is 0 Å². The van der Waals surface area contributed by atoms with Crippen LogP contribution < -0.4 is 4.74 Å². The van der Waals surface area contributed by atoms with E-state index in [2.05, 4.69) is 55.5 Å². The molecule has 3 rings (SSSR count). The van der Waals surface area contributed by atoms with Gasteiger partial charge in [0, 0.05) is 0 Å². The molecule has 0 fully saturated rings. The number of aryl methyl sites for hydroxylation is 1. The van der Waals surface area contributed by atoms with Crippen molar-refractivity contribution < 1.29 is 4.74 Å². The van der Waals surface area contributed by atoms with Crippen LogP contribution in [-0.4, -0.2) is 0 Å². The third-order valence-corrected chi connectivity index (χ3v) is 3.70. The summed E-state index contributed by atoms with van der Waals surface area (Å²) in [6, 6.07) is 27.3. The van der Waals surface area contributed by atoms with Crippen LogP contribution >= 0.6 is 0 Å². The lowest BCUT2D eigenvalue weighted by Crippen LogP contribution is -1.95. The van der Waals surface area contributed by atoms with Crippen LogP contribution in [0.4, 0.5) is 0 Å². The average molecular weight is 288 g/mol. The van der Waals surface area contributed by atoms with Gasteiger partial charge in [-0.15, -0.1) is 0 Å². The molecule has 0 radical (unpaired) electrons. The molecule has 0 amide bonds. The van der Waals surface area contributed by atoms with Crippen LogP contribution in [0, 0.1) is 6.92 Å². The molecule has 0 bridgehead atoms. The number of hydrogen-bond acceptors (Lipinski definition) is 1.